The first-order chi connectivity index (χ1) is 10.5. The molecule has 1 aliphatic heterocycles. The average molecular weight is 303 g/mol. The molecule has 118 valence electrons. The lowest BCUT2D eigenvalue weighted by Crippen LogP contribution is -2.50. The lowest BCUT2D eigenvalue weighted by atomic mass is 9.89. The van der Waals surface area contributed by atoms with Crippen molar-refractivity contribution in [2.24, 2.45) is 0 Å². The summed E-state index contributed by atoms with van der Waals surface area (Å²) in [5, 5.41) is 10.7. The van der Waals surface area contributed by atoms with Crippen LogP contribution < -0.4 is 4.90 Å². The largest absolute Gasteiger partial charge is 0.423 e. The molecule has 6 heteroatoms. The van der Waals surface area contributed by atoms with Gasteiger partial charge >= 0.3 is 0 Å². The number of nitrogens with zero attached hydrogens (tertiary/aromatic N) is 3. The molecule has 0 aliphatic carbocycles. The number of oxazole rings is 1. The van der Waals surface area contributed by atoms with Gasteiger partial charge < -0.3 is 19.3 Å². The van der Waals surface area contributed by atoms with E-state index in [1.807, 2.05) is 29.2 Å². The first kappa shape index (κ1) is 14.8. The normalized spacial score (nSPS) is 22.0. The zero-order chi connectivity index (χ0) is 15.7. The van der Waals surface area contributed by atoms with E-state index in [4.69, 9.17) is 4.42 Å². The molecule has 1 fully saturated rings. The highest BCUT2D eigenvalue weighted by Crippen LogP contribution is 2.30. The van der Waals surface area contributed by atoms with Gasteiger partial charge in [-0.05, 0) is 25.0 Å². The Hall–Kier alpha value is -2.08. The third-order valence-corrected chi connectivity index (χ3v) is 4.09. The molecule has 0 spiro atoms. The van der Waals surface area contributed by atoms with Gasteiger partial charge in [0.1, 0.15) is 5.52 Å². The van der Waals surface area contributed by atoms with Gasteiger partial charge in [0.2, 0.25) is 5.91 Å². The van der Waals surface area contributed by atoms with Crippen molar-refractivity contribution in [3.05, 3.63) is 24.3 Å². The summed E-state index contributed by atoms with van der Waals surface area (Å²) < 4.78 is 5.76. The van der Waals surface area contributed by atoms with Crippen LogP contribution >= 0.6 is 0 Å². The lowest BCUT2D eigenvalue weighted by molar-refractivity contribution is -0.134. The maximum atomic E-state index is 11.9. The number of rotatable bonds is 3. The third-order valence-electron chi connectivity index (χ3n) is 4.09. The van der Waals surface area contributed by atoms with Crippen molar-refractivity contribution in [1.29, 1.82) is 0 Å². The van der Waals surface area contributed by atoms with Crippen molar-refractivity contribution in [3.63, 3.8) is 0 Å². The van der Waals surface area contributed by atoms with E-state index < -0.39 is 5.60 Å². The minimum Gasteiger partial charge on any atom is -0.423 e. The van der Waals surface area contributed by atoms with E-state index in [0.717, 1.165) is 24.1 Å². The van der Waals surface area contributed by atoms with Crippen LogP contribution in [0.2, 0.25) is 0 Å². The number of aliphatic hydroxyl groups is 1. The van der Waals surface area contributed by atoms with Crippen molar-refractivity contribution in [2.45, 2.75) is 24.9 Å². The number of anilines is 1. The van der Waals surface area contributed by atoms with Gasteiger partial charge in [0.25, 0.3) is 6.01 Å². The lowest BCUT2D eigenvalue weighted by Gasteiger charge is -2.38. The maximum absolute atomic E-state index is 11.9. The summed E-state index contributed by atoms with van der Waals surface area (Å²) in [5.74, 6) is -0.0677. The van der Waals surface area contributed by atoms with E-state index in [2.05, 4.69) is 4.98 Å². The van der Waals surface area contributed by atoms with Crippen molar-refractivity contribution < 1.29 is 14.3 Å². The fourth-order valence-electron chi connectivity index (χ4n) is 2.85. The number of para-hydroxylation sites is 2. The second-order valence-corrected chi connectivity index (χ2v) is 6.18. The second-order valence-electron chi connectivity index (χ2n) is 6.18. The summed E-state index contributed by atoms with van der Waals surface area (Å²) >= 11 is 0. The zero-order valence-electron chi connectivity index (χ0n) is 13.0. The van der Waals surface area contributed by atoms with Gasteiger partial charge in [-0.1, -0.05) is 12.1 Å². The van der Waals surface area contributed by atoms with Crippen LogP contribution in [0.4, 0.5) is 6.01 Å². The maximum Gasteiger partial charge on any atom is 0.298 e. The van der Waals surface area contributed by atoms with Gasteiger partial charge in [0.05, 0.1) is 18.6 Å². The Labute approximate surface area is 129 Å². The Bertz CT molecular complexity index is 649. The average Bonchev–Trinajstić information content (AvgIpc) is 2.90. The molecule has 1 atom stereocenters. The van der Waals surface area contributed by atoms with Crippen molar-refractivity contribution >= 4 is 23.0 Å². The number of piperidine rings is 1. The van der Waals surface area contributed by atoms with Crippen LogP contribution in [0.15, 0.2) is 28.7 Å². The molecule has 1 unspecified atom stereocenters. The standard InChI is InChI=1S/C16H21N3O3/c1-18(2)14(20)10-16(21)8-5-9-19(11-16)15-17-12-6-3-4-7-13(12)22-15/h3-4,6-7,21H,5,8-11H2,1-2H3. The van der Waals surface area contributed by atoms with Gasteiger partial charge in [-0.25, -0.2) is 0 Å². The van der Waals surface area contributed by atoms with E-state index in [-0.39, 0.29) is 12.3 Å². The Morgan fingerprint density at radius 2 is 2.23 bits per heavy atom. The number of hydrogen-bond donors (Lipinski definition) is 1. The molecule has 1 N–H and O–H groups in total. The molecule has 1 aromatic carbocycles. The topological polar surface area (TPSA) is 69.8 Å². The number of carbonyl (C=O) groups is 1. The molecule has 6 nitrogen and oxygen atoms in total. The molecule has 1 amide bonds. The van der Waals surface area contributed by atoms with Crippen molar-refractivity contribution in [2.75, 3.05) is 32.1 Å². The summed E-state index contributed by atoms with van der Waals surface area (Å²) in [7, 11) is 3.40. The smallest absolute Gasteiger partial charge is 0.298 e. The monoisotopic (exact) mass is 303 g/mol. The fraction of sp³-hybridized carbons (Fsp3) is 0.500. The molecule has 1 aromatic heterocycles. The first-order valence-corrected chi connectivity index (χ1v) is 7.50. The van der Waals surface area contributed by atoms with Crippen LogP contribution in [0.5, 0.6) is 0 Å². The highest BCUT2D eigenvalue weighted by Gasteiger charge is 2.37. The molecule has 22 heavy (non-hydrogen) atoms. The van der Waals surface area contributed by atoms with E-state index in [0.29, 0.717) is 19.0 Å². The van der Waals surface area contributed by atoms with Crippen LogP contribution in [-0.4, -0.2) is 53.7 Å². The number of benzene rings is 1. The molecule has 0 bridgehead atoms. The number of fused-ring (bicyclic) bond motifs is 1. The van der Waals surface area contributed by atoms with Crippen LogP contribution in [0.3, 0.4) is 0 Å². The van der Waals surface area contributed by atoms with Crippen molar-refractivity contribution in [3.8, 4) is 0 Å². The Morgan fingerprint density at radius 1 is 1.45 bits per heavy atom. The molecule has 2 aromatic rings. The minimum atomic E-state index is -1.03. The highest BCUT2D eigenvalue weighted by atomic mass is 16.4. The van der Waals surface area contributed by atoms with Crippen LogP contribution in [0.1, 0.15) is 19.3 Å². The Morgan fingerprint density at radius 3 is 2.95 bits per heavy atom. The number of amides is 1. The SMILES string of the molecule is CN(C)C(=O)CC1(O)CCCN(c2nc3ccccc3o2)C1. The van der Waals surface area contributed by atoms with Gasteiger partial charge in [0.15, 0.2) is 5.58 Å². The molecular weight excluding hydrogens is 282 g/mol. The first-order valence-electron chi connectivity index (χ1n) is 7.50. The van der Waals surface area contributed by atoms with Gasteiger partial charge in [-0.2, -0.15) is 4.98 Å². The number of carbonyl (C=O) groups excluding carboxylic acids is 1. The predicted molar refractivity (Wildman–Crippen MR) is 83.7 cm³/mol. The third kappa shape index (κ3) is 2.92. The molecule has 0 radical (unpaired) electrons. The second kappa shape index (κ2) is 5.61. The van der Waals surface area contributed by atoms with E-state index >= 15 is 0 Å². The molecule has 0 saturated carbocycles. The van der Waals surface area contributed by atoms with Gasteiger partial charge in [-0.15, -0.1) is 0 Å². The number of aromatic nitrogens is 1. The summed E-state index contributed by atoms with van der Waals surface area (Å²) in [4.78, 5) is 19.8. The predicted octanol–water partition coefficient (Wildman–Crippen LogP) is 1.64. The van der Waals surface area contributed by atoms with Crippen LogP contribution in [0, 0.1) is 0 Å². The summed E-state index contributed by atoms with van der Waals surface area (Å²) in [6.45, 7) is 1.13. The minimum absolute atomic E-state index is 0.0677. The molecule has 1 saturated heterocycles. The summed E-state index contributed by atoms with van der Waals surface area (Å²) in [5.41, 5.74) is 0.507. The molecule has 2 heterocycles. The van der Waals surface area contributed by atoms with E-state index in [1.54, 1.807) is 14.1 Å². The van der Waals surface area contributed by atoms with E-state index in [9.17, 15) is 9.90 Å². The Balaban J connectivity index is 1.78. The number of hydrogen-bond acceptors (Lipinski definition) is 5. The van der Waals surface area contributed by atoms with Gasteiger partial charge in [-0.3, -0.25) is 4.79 Å². The Kier molecular flexibility index (Phi) is 3.78. The quantitative estimate of drug-likeness (QED) is 0.933. The van der Waals surface area contributed by atoms with Crippen molar-refractivity contribution in [1.82, 2.24) is 9.88 Å². The summed E-state index contributed by atoms with van der Waals surface area (Å²) in [6.07, 6.45) is 1.54. The van der Waals surface area contributed by atoms with E-state index in [1.165, 1.54) is 4.90 Å². The molecule has 3 rings (SSSR count). The fourth-order valence-corrected chi connectivity index (χ4v) is 2.85. The highest BCUT2D eigenvalue weighted by molar-refractivity contribution is 5.77. The van der Waals surface area contributed by atoms with Crippen LogP contribution in [0.25, 0.3) is 11.1 Å². The summed E-state index contributed by atoms with van der Waals surface area (Å²) in [6, 6.07) is 8.10. The molecular formula is C16H21N3O3. The number of β-amino-alcohol motifs (C(OH)–C–C–N with tert-alkyl or cyclic N) is 1. The van der Waals surface area contributed by atoms with Gasteiger partial charge in [0, 0.05) is 20.6 Å². The molecule has 1 aliphatic rings. The van der Waals surface area contributed by atoms with Crippen LogP contribution in [-0.2, 0) is 4.79 Å². The zero-order valence-corrected chi connectivity index (χ0v) is 13.0.